The smallest absolute Gasteiger partial charge is 0.177 e. The first-order valence-corrected chi connectivity index (χ1v) is 5.76. The molecule has 3 aromatic rings. The third kappa shape index (κ3) is 2.13. The molecule has 0 amide bonds. The van der Waals surface area contributed by atoms with Crippen molar-refractivity contribution < 1.29 is 0 Å². The van der Waals surface area contributed by atoms with E-state index in [9.17, 15) is 0 Å². The molecule has 3 rings (SSSR count). The second-order valence-corrected chi connectivity index (χ2v) is 3.94. The molecule has 0 saturated carbocycles. The van der Waals surface area contributed by atoms with Gasteiger partial charge in [-0.1, -0.05) is 36.4 Å². The summed E-state index contributed by atoms with van der Waals surface area (Å²) in [5, 5.41) is 4.25. The molecule has 0 atom stereocenters. The molecule has 88 valence electrons. The van der Waals surface area contributed by atoms with Crippen LogP contribution in [0.3, 0.4) is 0 Å². The van der Waals surface area contributed by atoms with Gasteiger partial charge in [0.05, 0.1) is 6.54 Å². The van der Waals surface area contributed by atoms with E-state index < -0.39 is 0 Å². The molecule has 0 unspecified atom stereocenters. The molecule has 1 aromatic carbocycles. The molecule has 0 aliphatic rings. The molecule has 18 heavy (non-hydrogen) atoms. The van der Waals surface area contributed by atoms with Crippen molar-refractivity contribution in [3.63, 3.8) is 0 Å². The molecule has 0 bridgehead atoms. The van der Waals surface area contributed by atoms with Crippen molar-refractivity contribution in [3.8, 4) is 11.5 Å². The van der Waals surface area contributed by atoms with Gasteiger partial charge in [0, 0.05) is 6.20 Å². The molecule has 4 heteroatoms. The summed E-state index contributed by atoms with van der Waals surface area (Å²) in [6.45, 7) is 0.701. The highest BCUT2D eigenvalue weighted by atomic mass is 15.3. The van der Waals surface area contributed by atoms with E-state index in [1.807, 2.05) is 41.1 Å². The van der Waals surface area contributed by atoms with Gasteiger partial charge in [-0.2, -0.15) is 5.10 Å². The van der Waals surface area contributed by atoms with Gasteiger partial charge in [-0.3, -0.25) is 4.98 Å². The lowest BCUT2D eigenvalue weighted by atomic mass is 10.2. The Bertz CT molecular complexity index is 617. The summed E-state index contributed by atoms with van der Waals surface area (Å²) in [5.74, 6) is 0.791. The number of hydrogen-bond donors (Lipinski definition) is 0. The SMILES string of the molecule is c1ccc(Cn2ncnc2-c2ccccn2)cc1. The number of nitrogens with zero attached hydrogens (tertiary/aromatic N) is 4. The highest BCUT2D eigenvalue weighted by molar-refractivity contribution is 5.48. The lowest BCUT2D eigenvalue weighted by molar-refractivity contribution is 0.691. The van der Waals surface area contributed by atoms with Gasteiger partial charge in [0.2, 0.25) is 0 Å². The van der Waals surface area contributed by atoms with Crippen LogP contribution in [0.5, 0.6) is 0 Å². The van der Waals surface area contributed by atoms with Gasteiger partial charge >= 0.3 is 0 Å². The number of rotatable bonds is 3. The Hall–Kier alpha value is -2.49. The predicted octanol–water partition coefficient (Wildman–Crippen LogP) is 2.39. The number of benzene rings is 1. The van der Waals surface area contributed by atoms with Crippen molar-refractivity contribution in [1.82, 2.24) is 19.7 Å². The van der Waals surface area contributed by atoms with Gasteiger partial charge in [-0.25, -0.2) is 9.67 Å². The molecule has 0 fully saturated rings. The van der Waals surface area contributed by atoms with Gasteiger partial charge in [0.1, 0.15) is 12.0 Å². The van der Waals surface area contributed by atoms with Gasteiger partial charge in [0.25, 0.3) is 0 Å². The summed E-state index contributed by atoms with van der Waals surface area (Å²) in [6.07, 6.45) is 3.32. The average molecular weight is 236 g/mol. The van der Waals surface area contributed by atoms with E-state index in [1.165, 1.54) is 5.56 Å². The zero-order valence-electron chi connectivity index (χ0n) is 9.77. The first kappa shape index (κ1) is 10.7. The lowest BCUT2D eigenvalue weighted by Gasteiger charge is -2.05. The standard InChI is InChI=1S/C14H12N4/c1-2-6-12(7-3-1)10-18-14(16-11-17-18)13-8-4-5-9-15-13/h1-9,11H,10H2. The second kappa shape index (κ2) is 4.79. The Morgan fingerprint density at radius 3 is 2.50 bits per heavy atom. The first-order chi connectivity index (χ1) is 8.93. The molecule has 0 aliphatic carbocycles. The van der Waals surface area contributed by atoms with Crippen LogP contribution in [0.25, 0.3) is 11.5 Å². The van der Waals surface area contributed by atoms with Crippen LogP contribution >= 0.6 is 0 Å². The van der Waals surface area contributed by atoms with E-state index in [4.69, 9.17) is 0 Å². The minimum absolute atomic E-state index is 0.701. The van der Waals surface area contributed by atoms with Crippen molar-refractivity contribution >= 4 is 0 Å². The van der Waals surface area contributed by atoms with Gasteiger partial charge in [-0.15, -0.1) is 0 Å². The molecule has 0 aliphatic heterocycles. The summed E-state index contributed by atoms with van der Waals surface area (Å²) in [6, 6.07) is 16.0. The Balaban J connectivity index is 1.93. The van der Waals surface area contributed by atoms with Crippen molar-refractivity contribution in [1.29, 1.82) is 0 Å². The maximum atomic E-state index is 4.30. The van der Waals surface area contributed by atoms with Crippen LogP contribution in [0.1, 0.15) is 5.56 Å². The maximum Gasteiger partial charge on any atom is 0.177 e. The third-order valence-electron chi connectivity index (χ3n) is 2.68. The first-order valence-electron chi connectivity index (χ1n) is 5.76. The van der Waals surface area contributed by atoms with Crippen molar-refractivity contribution in [3.05, 3.63) is 66.6 Å². The van der Waals surface area contributed by atoms with Crippen molar-refractivity contribution in [2.24, 2.45) is 0 Å². The summed E-state index contributed by atoms with van der Waals surface area (Å²) < 4.78 is 1.86. The normalized spacial score (nSPS) is 10.4. The Kier molecular flexibility index (Phi) is 2.84. The lowest BCUT2D eigenvalue weighted by Crippen LogP contribution is -2.04. The largest absolute Gasteiger partial charge is 0.253 e. The Morgan fingerprint density at radius 2 is 1.72 bits per heavy atom. The average Bonchev–Trinajstić information content (AvgIpc) is 2.89. The number of hydrogen-bond acceptors (Lipinski definition) is 3. The van der Waals surface area contributed by atoms with E-state index in [2.05, 4.69) is 27.2 Å². The zero-order chi connectivity index (χ0) is 12.2. The molecule has 2 heterocycles. The van der Waals surface area contributed by atoms with Crippen molar-refractivity contribution in [2.75, 3.05) is 0 Å². The van der Waals surface area contributed by atoms with Gasteiger partial charge < -0.3 is 0 Å². The topological polar surface area (TPSA) is 43.6 Å². The molecule has 0 radical (unpaired) electrons. The van der Waals surface area contributed by atoms with Crippen LogP contribution in [-0.4, -0.2) is 19.7 Å². The molecule has 0 spiro atoms. The van der Waals surface area contributed by atoms with E-state index in [1.54, 1.807) is 12.5 Å². The fourth-order valence-electron chi connectivity index (χ4n) is 1.83. The summed E-state index contributed by atoms with van der Waals surface area (Å²) in [7, 11) is 0. The molecule has 0 N–H and O–H groups in total. The molecule has 2 aromatic heterocycles. The summed E-state index contributed by atoms with van der Waals surface area (Å²) >= 11 is 0. The molecule has 4 nitrogen and oxygen atoms in total. The van der Waals surface area contributed by atoms with E-state index in [0.717, 1.165) is 11.5 Å². The van der Waals surface area contributed by atoms with E-state index in [-0.39, 0.29) is 0 Å². The second-order valence-electron chi connectivity index (χ2n) is 3.94. The van der Waals surface area contributed by atoms with E-state index in [0.29, 0.717) is 6.54 Å². The maximum absolute atomic E-state index is 4.30. The minimum atomic E-state index is 0.701. The molecular formula is C14H12N4. The monoisotopic (exact) mass is 236 g/mol. The van der Waals surface area contributed by atoms with Crippen LogP contribution in [-0.2, 0) is 6.54 Å². The fraction of sp³-hybridized carbons (Fsp3) is 0.0714. The third-order valence-corrected chi connectivity index (χ3v) is 2.68. The Labute approximate surface area is 105 Å². The summed E-state index contributed by atoms with van der Waals surface area (Å²) in [4.78, 5) is 8.57. The highest BCUT2D eigenvalue weighted by Gasteiger charge is 2.07. The molecular weight excluding hydrogens is 224 g/mol. The number of aromatic nitrogens is 4. The minimum Gasteiger partial charge on any atom is -0.253 e. The predicted molar refractivity (Wildman–Crippen MR) is 68.8 cm³/mol. The summed E-state index contributed by atoms with van der Waals surface area (Å²) in [5.41, 5.74) is 2.03. The Morgan fingerprint density at radius 1 is 0.889 bits per heavy atom. The van der Waals surface area contributed by atoms with E-state index >= 15 is 0 Å². The van der Waals surface area contributed by atoms with Crippen molar-refractivity contribution in [2.45, 2.75) is 6.54 Å². The van der Waals surface area contributed by atoms with Gasteiger partial charge in [0.15, 0.2) is 5.82 Å². The fourth-order valence-corrected chi connectivity index (χ4v) is 1.83. The van der Waals surface area contributed by atoms with Crippen LogP contribution in [0.2, 0.25) is 0 Å². The highest BCUT2D eigenvalue weighted by Crippen LogP contribution is 2.13. The zero-order valence-corrected chi connectivity index (χ0v) is 9.77. The molecule has 0 saturated heterocycles. The van der Waals surface area contributed by atoms with Crippen LogP contribution in [0, 0.1) is 0 Å². The number of pyridine rings is 1. The van der Waals surface area contributed by atoms with Crippen LogP contribution in [0.15, 0.2) is 61.1 Å². The van der Waals surface area contributed by atoms with Gasteiger partial charge in [-0.05, 0) is 17.7 Å². The quantitative estimate of drug-likeness (QED) is 0.701. The van der Waals surface area contributed by atoms with Crippen LogP contribution in [0.4, 0.5) is 0 Å². The van der Waals surface area contributed by atoms with Crippen LogP contribution < -0.4 is 0 Å².